The first-order valence-corrected chi connectivity index (χ1v) is 11.8. The average Bonchev–Trinajstić information content (AvgIpc) is 2.85. The van der Waals surface area contributed by atoms with Gasteiger partial charge in [-0.25, -0.2) is 9.18 Å². The molecule has 0 aliphatic carbocycles. The number of fused-ring (bicyclic) bond motifs is 1. The van der Waals surface area contributed by atoms with Crippen LogP contribution in [0.25, 0.3) is 11.1 Å². The van der Waals surface area contributed by atoms with E-state index in [1.165, 1.54) is 6.07 Å². The molecule has 3 atom stereocenters. The summed E-state index contributed by atoms with van der Waals surface area (Å²) in [5, 5.41) is 12.9. The lowest BCUT2D eigenvalue weighted by Crippen LogP contribution is -2.68. The number of aliphatic hydroxyl groups excluding tert-OH is 1. The lowest BCUT2D eigenvalue weighted by Gasteiger charge is -2.57. The third-order valence-electron chi connectivity index (χ3n) is 7.06. The number of hydrogen-bond donors (Lipinski definition) is 2. The Bertz CT molecular complexity index is 1120. The van der Waals surface area contributed by atoms with Gasteiger partial charge in [-0.2, -0.15) is 0 Å². The Morgan fingerprint density at radius 1 is 1.03 bits per heavy atom. The summed E-state index contributed by atoms with van der Waals surface area (Å²) in [6, 6.07) is 18.4. The molecule has 2 amide bonds. The number of carbonyl (C=O) groups is 1. The van der Waals surface area contributed by atoms with Crippen LogP contribution in [0, 0.1) is 5.82 Å². The smallest absolute Gasteiger partial charge is 0.321 e. The van der Waals surface area contributed by atoms with Gasteiger partial charge in [0.25, 0.3) is 0 Å². The molecule has 0 unspecified atom stereocenters. The topological polar surface area (TPSA) is 68.7 Å². The maximum Gasteiger partial charge on any atom is 0.321 e. The number of amides is 2. The number of benzene rings is 2. The van der Waals surface area contributed by atoms with Crippen molar-refractivity contribution in [1.82, 2.24) is 14.8 Å². The molecule has 2 N–H and O–H groups in total. The molecular weight excluding hydrogens is 431 g/mol. The molecule has 2 aliphatic rings. The molecule has 2 aliphatic heterocycles. The van der Waals surface area contributed by atoms with E-state index in [-0.39, 0.29) is 36.3 Å². The van der Waals surface area contributed by atoms with E-state index in [1.54, 1.807) is 29.3 Å². The summed E-state index contributed by atoms with van der Waals surface area (Å²) < 4.78 is 14.1. The summed E-state index contributed by atoms with van der Waals surface area (Å²) in [5.41, 5.74) is 3.50. The number of halogens is 1. The fraction of sp³-hybridized carbons (Fsp3) is 0.333. The predicted molar refractivity (Wildman–Crippen MR) is 130 cm³/mol. The van der Waals surface area contributed by atoms with Gasteiger partial charge in [0.05, 0.1) is 12.3 Å². The number of nitrogens with one attached hydrogen (secondary N) is 1. The summed E-state index contributed by atoms with van der Waals surface area (Å²) in [6.45, 7) is 2.14. The summed E-state index contributed by atoms with van der Waals surface area (Å²) in [6.07, 6.45) is 5.42. The first kappa shape index (κ1) is 22.5. The van der Waals surface area contributed by atoms with Crippen LogP contribution < -0.4 is 5.32 Å². The van der Waals surface area contributed by atoms with Gasteiger partial charge in [0.1, 0.15) is 5.82 Å². The summed E-state index contributed by atoms with van der Waals surface area (Å²) in [5.74, 6) is -0.324. The van der Waals surface area contributed by atoms with Crippen LogP contribution in [0.1, 0.15) is 24.3 Å². The Hall–Kier alpha value is -3.29. The third-order valence-corrected chi connectivity index (χ3v) is 7.06. The highest BCUT2D eigenvalue weighted by Gasteiger charge is 2.49. The molecule has 7 heteroatoms. The van der Waals surface area contributed by atoms with Crippen LogP contribution >= 0.6 is 0 Å². The normalized spacial score (nSPS) is 22.8. The number of aromatic nitrogens is 1. The van der Waals surface area contributed by atoms with Crippen molar-refractivity contribution in [3.8, 4) is 11.1 Å². The summed E-state index contributed by atoms with van der Waals surface area (Å²) in [7, 11) is 0. The highest BCUT2D eigenvalue weighted by Crippen LogP contribution is 2.42. The van der Waals surface area contributed by atoms with E-state index >= 15 is 0 Å². The molecule has 0 saturated carbocycles. The van der Waals surface area contributed by atoms with Crippen LogP contribution in [-0.2, 0) is 0 Å². The number of anilines is 1. The maximum atomic E-state index is 14.1. The van der Waals surface area contributed by atoms with Crippen molar-refractivity contribution in [3.05, 3.63) is 84.4 Å². The van der Waals surface area contributed by atoms with E-state index in [2.05, 4.69) is 39.5 Å². The van der Waals surface area contributed by atoms with E-state index in [4.69, 9.17) is 0 Å². The standard InChI is InChI=1S/C27H29FN4O2/c28-22-7-1-2-8-23(22)30-27(34)31-14-3-4-15-32-24(17-31)26(25(32)18-33)20-11-9-19(10-12-20)21-6-5-13-29-16-21/h1-2,5-13,16,24-26,33H,3-4,14-15,17-18H2,(H,30,34)/t24-,25+,26-/m0/s1. The number of urea groups is 1. The molecule has 0 spiro atoms. The second kappa shape index (κ2) is 9.91. The number of nitrogens with zero attached hydrogens (tertiary/aromatic N) is 3. The van der Waals surface area contributed by atoms with Crippen molar-refractivity contribution in [2.24, 2.45) is 0 Å². The second-order valence-electron chi connectivity index (χ2n) is 9.01. The fourth-order valence-electron chi connectivity index (χ4n) is 5.31. The quantitative estimate of drug-likeness (QED) is 0.608. The van der Waals surface area contributed by atoms with Gasteiger partial charge in [0, 0.05) is 43.5 Å². The van der Waals surface area contributed by atoms with Crippen LogP contribution in [0.3, 0.4) is 0 Å². The van der Waals surface area contributed by atoms with E-state index in [1.807, 2.05) is 18.3 Å². The molecule has 2 saturated heterocycles. The molecule has 34 heavy (non-hydrogen) atoms. The molecule has 2 aromatic carbocycles. The van der Waals surface area contributed by atoms with Crippen LogP contribution in [-0.4, -0.2) is 64.2 Å². The van der Waals surface area contributed by atoms with Gasteiger partial charge in [0.15, 0.2) is 0 Å². The van der Waals surface area contributed by atoms with Gasteiger partial charge in [-0.15, -0.1) is 0 Å². The first-order valence-electron chi connectivity index (χ1n) is 11.8. The van der Waals surface area contributed by atoms with Crippen molar-refractivity contribution in [3.63, 3.8) is 0 Å². The number of pyridine rings is 1. The van der Waals surface area contributed by atoms with Crippen molar-refractivity contribution in [1.29, 1.82) is 0 Å². The lowest BCUT2D eigenvalue weighted by atomic mass is 9.74. The monoisotopic (exact) mass is 460 g/mol. The zero-order valence-corrected chi connectivity index (χ0v) is 19.0. The SMILES string of the molecule is O=C(Nc1ccccc1F)N1CCCCN2[C@H](CO)[C@@H](c3ccc(-c4cccnc4)cc3)[C@@H]2C1. The number of rotatable bonds is 4. The van der Waals surface area contributed by atoms with Gasteiger partial charge in [-0.3, -0.25) is 9.88 Å². The van der Waals surface area contributed by atoms with Gasteiger partial charge in [-0.1, -0.05) is 42.5 Å². The third kappa shape index (κ3) is 4.41. The Labute approximate surface area is 199 Å². The van der Waals surface area contributed by atoms with Crippen molar-refractivity contribution < 1.29 is 14.3 Å². The molecule has 3 heterocycles. The number of aliphatic hydroxyl groups is 1. The van der Waals surface area contributed by atoms with Crippen LogP contribution in [0.2, 0.25) is 0 Å². The second-order valence-corrected chi connectivity index (χ2v) is 9.01. The molecule has 2 fully saturated rings. The minimum absolute atomic E-state index is 0.0313. The number of hydrogen-bond acceptors (Lipinski definition) is 4. The van der Waals surface area contributed by atoms with E-state index < -0.39 is 5.82 Å². The minimum Gasteiger partial charge on any atom is -0.395 e. The van der Waals surface area contributed by atoms with Crippen LogP contribution in [0.5, 0.6) is 0 Å². The zero-order chi connectivity index (χ0) is 23.5. The first-order chi connectivity index (χ1) is 16.7. The Kier molecular flexibility index (Phi) is 6.56. The lowest BCUT2D eigenvalue weighted by molar-refractivity contribution is -0.0585. The average molecular weight is 461 g/mol. The summed E-state index contributed by atoms with van der Waals surface area (Å²) in [4.78, 5) is 21.3. The Morgan fingerprint density at radius 2 is 1.82 bits per heavy atom. The van der Waals surface area contributed by atoms with Gasteiger partial charge in [-0.05, 0) is 54.3 Å². The molecule has 6 nitrogen and oxygen atoms in total. The molecular formula is C27H29FN4O2. The van der Waals surface area contributed by atoms with E-state index in [0.29, 0.717) is 13.1 Å². The Morgan fingerprint density at radius 3 is 2.56 bits per heavy atom. The fourth-order valence-corrected chi connectivity index (χ4v) is 5.31. The van der Waals surface area contributed by atoms with Crippen molar-refractivity contribution >= 4 is 11.7 Å². The predicted octanol–water partition coefficient (Wildman–Crippen LogP) is 4.34. The van der Waals surface area contributed by atoms with Gasteiger partial charge < -0.3 is 15.3 Å². The van der Waals surface area contributed by atoms with Crippen molar-refractivity contribution in [2.45, 2.75) is 30.8 Å². The zero-order valence-electron chi connectivity index (χ0n) is 19.0. The molecule has 1 aromatic heterocycles. The molecule has 176 valence electrons. The van der Waals surface area contributed by atoms with Gasteiger partial charge >= 0.3 is 6.03 Å². The van der Waals surface area contributed by atoms with E-state index in [0.717, 1.165) is 36.1 Å². The highest BCUT2D eigenvalue weighted by molar-refractivity contribution is 5.89. The maximum absolute atomic E-state index is 14.1. The van der Waals surface area contributed by atoms with Crippen LogP contribution in [0.4, 0.5) is 14.9 Å². The van der Waals surface area contributed by atoms with Crippen molar-refractivity contribution in [2.75, 3.05) is 31.6 Å². The number of para-hydroxylation sites is 1. The molecule has 5 rings (SSSR count). The highest BCUT2D eigenvalue weighted by atomic mass is 19.1. The van der Waals surface area contributed by atoms with E-state index in [9.17, 15) is 14.3 Å². The Balaban J connectivity index is 1.35. The minimum atomic E-state index is -0.444. The molecule has 0 bridgehead atoms. The molecule has 0 radical (unpaired) electrons. The molecule has 3 aromatic rings. The van der Waals surface area contributed by atoms with Crippen LogP contribution in [0.15, 0.2) is 73.1 Å². The summed E-state index contributed by atoms with van der Waals surface area (Å²) >= 11 is 0. The number of carbonyl (C=O) groups excluding carboxylic acids is 1. The largest absolute Gasteiger partial charge is 0.395 e. The van der Waals surface area contributed by atoms with Gasteiger partial charge in [0.2, 0.25) is 0 Å².